The molecular formula is C19H20BrN3O3. The number of anilines is 1. The van der Waals surface area contributed by atoms with Gasteiger partial charge >= 0.3 is 5.97 Å². The molecule has 1 aromatic carbocycles. The normalized spacial score (nSPS) is 16.2. The van der Waals surface area contributed by atoms with Gasteiger partial charge in [0, 0.05) is 42.9 Å². The van der Waals surface area contributed by atoms with Crippen LogP contribution >= 0.6 is 15.9 Å². The first-order valence-corrected chi connectivity index (χ1v) is 9.66. The van der Waals surface area contributed by atoms with Crippen molar-refractivity contribution in [3.05, 3.63) is 45.4 Å². The SMILES string of the molecule is CC(=O)OCc1c(Br)cccc1N1CCc2c(nc3n2CCCC3)C1=O. The zero-order chi connectivity index (χ0) is 18.3. The topological polar surface area (TPSA) is 64.4 Å². The van der Waals surface area contributed by atoms with E-state index >= 15 is 0 Å². The number of carbonyl (C=O) groups excluding carboxylic acids is 2. The molecule has 136 valence electrons. The van der Waals surface area contributed by atoms with Crippen molar-refractivity contribution in [2.24, 2.45) is 0 Å². The van der Waals surface area contributed by atoms with Crippen molar-refractivity contribution in [2.45, 2.75) is 45.8 Å². The lowest BCUT2D eigenvalue weighted by atomic mass is 10.1. The molecule has 0 atom stereocenters. The zero-order valence-corrected chi connectivity index (χ0v) is 16.2. The van der Waals surface area contributed by atoms with E-state index in [0.29, 0.717) is 12.2 Å². The number of aromatic nitrogens is 2. The highest BCUT2D eigenvalue weighted by molar-refractivity contribution is 9.10. The molecule has 4 rings (SSSR count). The van der Waals surface area contributed by atoms with Gasteiger partial charge in [0.2, 0.25) is 0 Å². The first-order chi connectivity index (χ1) is 12.6. The smallest absolute Gasteiger partial charge is 0.302 e. The number of esters is 1. The van der Waals surface area contributed by atoms with Gasteiger partial charge in [0.1, 0.15) is 18.1 Å². The van der Waals surface area contributed by atoms with Crippen LogP contribution in [0.2, 0.25) is 0 Å². The highest BCUT2D eigenvalue weighted by atomic mass is 79.9. The van der Waals surface area contributed by atoms with E-state index in [2.05, 4.69) is 25.5 Å². The van der Waals surface area contributed by atoms with Gasteiger partial charge in [-0.2, -0.15) is 0 Å². The van der Waals surface area contributed by atoms with Crippen LogP contribution in [0.3, 0.4) is 0 Å². The predicted octanol–water partition coefficient (Wildman–Crippen LogP) is 3.25. The third kappa shape index (κ3) is 2.94. The van der Waals surface area contributed by atoms with E-state index in [1.54, 1.807) is 4.90 Å². The first kappa shape index (κ1) is 17.3. The summed E-state index contributed by atoms with van der Waals surface area (Å²) in [7, 11) is 0. The Balaban J connectivity index is 1.70. The molecular weight excluding hydrogens is 398 g/mol. The number of nitrogens with zero attached hydrogens (tertiary/aromatic N) is 3. The summed E-state index contributed by atoms with van der Waals surface area (Å²) in [6, 6.07) is 5.66. The molecule has 1 amide bonds. The standard InChI is InChI=1S/C19H20BrN3O3/c1-12(24)26-11-13-14(20)5-4-6-15(13)23-10-8-16-18(19(23)25)21-17-7-2-3-9-22(16)17/h4-6H,2-3,7-11H2,1H3. The van der Waals surface area contributed by atoms with Gasteiger partial charge in [-0.25, -0.2) is 4.98 Å². The lowest BCUT2D eigenvalue weighted by Crippen LogP contribution is -2.39. The highest BCUT2D eigenvalue weighted by Crippen LogP contribution is 2.33. The van der Waals surface area contributed by atoms with Crippen molar-refractivity contribution in [1.29, 1.82) is 0 Å². The Morgan fingerprint density at radius 1 is 1.27 bits per heavy atom. The molecule has 0 saturated heterocycles. The maximum Gasteiger partial charge on any atom is 0.302 e. The fourth-order valence-corrected chi connectivity index (χ4v) is 4.23. The van der Waals surface area contributed by atoms with Gasteiger partial charge in [0.05, 0.1) is 11.4 Å². The minimum absolute atomic E-state index is 0.0738. The molecule has 0 aliphatic carbocycles. The van der Waals surface area contributed by atoms with E-state index in [-0.39, 0.29) is 18.5 Å². The molecule has 0 unspecified atom stereocenters. The molecule has 0 saturated carbocycles. The predicted molar refractivity (Wildman–Crippen MR) is 100 cm³/mol. The summed E-state index contributed by atoms with van der Waals surface area (Å²) in [5.74, 6) is 0.613. The number of carbonyl (C=O) groups is 2. The van der Waals surface area contributed by atoms with E-state index in [1.165, 1.54) is 6.92 Å². The molecule has 26 heavy (non-hydrogen) atoms. The molecule has 0 N–H and O–H groups in total. The average Bonchev–Trinajstić information content (AvgIpc) is 3.01. The van der Waals surface area contributed by atoms with Gasteiger partial charge in [0.25, 0.3) is 5.91 Å². The monoisotopic (exact) mass is 417 g/mol. The van der Waals surface area contributed by atoms with Crippen LogP contribution in [0.4, 0.5) is 5.69 Å². The maximum absolute atomic E-state index is 13.2. The first-order valence-electron chi connectivity index (χ1n) is 8.87. The number of ether oxygens (including phenoxy) is 1. The number of hydrogen-bond acceptors (Lipinski definition) is 4. The number of amides is 1. The Labute approximate surface area is 160 Å². The van der Waals surface area contributed by atoms with Gasteiger partial charge in [-0.3, -0.25) is 9.59 Å². The molecule has 0 radical (unpaired) electrons. The molecule has 3 heterocycles. The summed E-state index contributed by atoms with van der Waals surface area (Å²) in [6.45, 7) is 3.06. The highest BCUT2D eigenvalue weighted by Gasteiger charge is 2.33. The minimum atomic E-state index is -0.347. The molecule has 2 aromatic rings. The van der Waals surface area contributed by atoms with E-state index < -0.39 is 0 Å². The zero-order valence-electron chi connectivity index (χ0n) is 14.6. The van der Waals surface area contributed by atoms with Crippen LogP contribution in [0.1, 0.15) is 47.3 Å². The number of benzene rings is 1. The van der Waals surface area contributed by atoms with Crippen LogP contribution in [-0.2, 0) is 35.5 Å². The molecule has 1 aromatic heterocycles. The number of rotatable bonds is 3. The lowest BCUT2D eigenvalue weighted by molar-refractivity contribution is -0.142. The van der Waals surface area contributed by atoms with E-state index in [1.807, 2.05) is 18.2 Å². The third-order valence-corrected chi connectivity index (χ3v) is 5.75. The lowest BCUT2D eigenvalue weighted by Gasteiger charge is -2.29. The average molecular weight is 418 g/mol. The van der Waals surface area contributed by atoms with E-state index in [4.69, 9.17) is 4.74 Å². The number of aryl methyl sites for hydroxylation is 1. The van der Waals surface area contributed by atoms with Gasteiger partial charge in [0.15, 0.2) is 0 Å². The van der Waals surface area contributed by atoms with E-state index in [0.717, 1.165) is 59.5 Å². The molecule has 6 nitrogen and oxygen atoms in total. The second-order valence-corrected chi connectivity index (χ2v) is 7.51. The quantitative estimate of drug-likeness (QED) is 0.718. The van der Waals surface area contributed by atoms with Gasteiger partial charge in [-0.1, -0.05) is 22.0 Å². The summed E-state index contributed by atoms with van der Waals surface area (Å²) < 4.78 is 8.23. The second-order valence-electron chi connectivity index (χ2n) is 6.66. The van der Waals surface area contributed by atoms with E-state index in [9.17, 15) is 9.59 Å². The van der Waals surface area contributed by atoms with Crippen molar-refractivity contribution in [3.8, 4) is 0 Å². The Hall–Kier alpha value is -2.15. The van der Waals surface area contributed by atoms with Crippen molar-refractivity contribution in [1.82, 2.24) is 9.55 Å². The third-order valence-electron chi connectivity index (χ3n) is 5.01. The van der Waals surface area contributed by atoms with Crippen LogP contribution in [0.25, 0.3) is 0 Å². The van der Waals surface area contributed by atoms with Crippen LogP contribution in [-0.4, -0.2) is 28.0 Å². The van der Waals surface area contributed by atoms with Crippen LogP contribution in [0, 0.1) is 0 Å². The van der Waals surface area contributed by atoms with Crippen molar-refractivity contribution in [2.75, 3.05) is 11.4 Å². The Bertz CT molecular complexity index is 890. The van der Waals surface area contributed by atoms with Crippen LogP contribution in [0.15, 0.2) is 22.7 Å². The fraction of sp³-hybridized carbons (Fsp3) is 0.421. The fourth-order valence-electron chi connectivity index (χ4n) is 3.76. The molecule has 2 aliphatic rings. The molecule has 2 aliphatic heterocycles. The Morgan fingerprint density at radius 3 is 2.92 bits per heavy atom. The molecule has 0 spiro atoms. The van der Waals surface area contributed by atoms with Gasteiger partial charge in [-0.05, 0) is 25.0 Å². The second kappa shape index (κ2) is 6.87. The number of fused-ring (bicyclic) bond motifs is 3. The van der Waals surface area contributed by atoms with Crippen LogP contribution < -0.4 is 4.90 Å². The molecule has 0 fully saturated rings. The number of halogens is 1. The number of imidazole rings is 1. The molecule has 7 heteroatoms. The summed E-state index contributed by atoms with van der Waals surface area (Å²) in [5, 5.41) is 0. The summed E-state index contributed by atoms with van der Waals surface area (Å²) >= 11 is 3.51. The summed E-state index contributed by atoms with van der Waals surface area (Å²) in [4.78, 5) is 30.8. The van der Waals surface area contributed by atoms with Crippen molar-refractivity contribution in [3.63, 3.8) is 0 Å². The van der Waals surface area contributed by atoms with Crippen molar-refractivity contribution >= 4 is 33.5 Å². The van der Waals surface area contributed by atoms with Crippen molar-refractivity contribution < 1.29 is 14.3 Å². The minimum Gasteiger partial charge on any atom is -0.461 e. The maximum atomic E-state index is 13.2. The van der Waals surface area contributed by atoms with Gasteiger partial charge < -0.3 is 14.2 Å². The molecule has 0 bridgehead atoms. The van der Waals surface area contributed by atoms with Crippen LogP contribution in [0.5, 0.6) is 0 Å². The Morgan fingerprint density at radius 2 is 2.12 bits per heavy atom. The largest absolute Gasteiger partial charge is 0.461 e. The summed E-state index contributed by atoms with van der Waals surface area (Å²) in [5.41, 5.74) is 3.20. The Kier molecular flexibility index (Phi) is 4.56. The summed E-state index contributed by atoms with van der Waals surface area (Å²) in [6.07, 6.45) is 4.00. The number of hydrogen-bond donors (Lipinski definition) is 0. The van der Waals surface area contributed by atoms with Gasteiger partial charge in [-0.15, -0.1) is 0 Å².